The van der Waals surface area contributed by atoms with Crippen LogP contribution in [0.1, 0.15) is 12.1 Å². The van der Waals surface area contributed by atoms with Crippen LogP contribution in [0.25, 0.3) is 5.69 Å². The molecule has 0 unspecified atom stereocenters. The average molecular weight is 240 g/mol. The molecule has 6 nitrogen and oxygen atoms in total. The molecule has 1 aromatic carbocycles. The lowest BCUT2D eigenvalue weighted by atomic mass is 10.3. The van der Waals surface area contributed by atoms with Crippen LogP contribution in [-0.2, 0) is 0 Å². The third-order valence-electron chi connectivity index (χ3n) is 2.06. The number of halogens is 2. The lowest BCUT2D eigenvalue weighted by Gasteiger charge is -1.98. The van der Waals surface area contributed by atoms with Crippen molar-refractivity contribution in [1.29, 1.82) is 0 Å². The highest BCUT2D eigenvalue weighted by atomic mass is 19.3. The number of hydrogen-bond donors (Lipinski definition) is 0. The number of nitrogens with zero attached hydrogens (tertiary/aromatic N) is 4. The van der Waals surface area contributed by atoms with Crippen LogP contribution < -0.4 is 0 Å². The molecule has 17 heavy (non-hydrogen) atoms. The predicted octanol–water partition coefficient (Wildman–Crippen LogP) is 2.11. The van der Waals surface area contributed by atoms with Gasteiger partial charge in [-0.15, -0.1) is 5.10 Å². The van der Waals surface area contributed by atoms with E-state index in [4.69, 9.17) is 0 Å². The smallest absolute Gasteiger partial charge is 0.258 e. The van der Waals surface area contributed by atoms with E-state index in [2.05, 4.69) is 10.3 Å². The van der Waals surface area contributed by atoms with Gasteiger partial charge in [0.1, 0.15) is 5.69 Å². The molecule has 2 aromatic rings. The summed E-state index contributed by atoms with van der Waals surface area (Å²) in [7, 11) is 0. The molecule has 0 bridgehead atoms. The number of nitro groups is 1. The second kappa shape index (κ2) is 4.24. The van der Waals surface area contributed by atoms with Crippen molar-refractivity contribution in [2.75, 3.05) is 0 Å². The fraction of sp³-hybridized carbons (Fsp3) is 0.111. The first kappa shape index (κ1) is 11.1. The molecule has 0 saturated carbocycles. The van der Waals surface area contributed by atoms with Crippen molar-refractivity contribution >= 4 is 5.69 Å². The van der Waals surface area contributed by atoms with Gasteiger partial charge in [0.2, 0.25) is 0 Å². The molecule has 0 fully saturated rings. The second-order valence-corrected chi connectivity index (χ2v) is 3.16. The molecule has 0 amide bonds. The largest absolute Gasteiger partial charge is 0.283 e. The lowest BCUT2D eigenvalue weighted by molar-refractivity contribution is -0.384. The zero-order chi connectivity index (χ0) is 12.4. The molecule has 0 atom stereocenters. The first-order chi connectivity index (χ1) is 8.08. The average Bonchev–Trinajstić information content (AvgIpc) is 2.78. The van der Waals surface area contributed by atoms with Crippen LogP contribution in [0.2, 0.25) is 0 Å². The van der Waals surface area contributed by atoms with E-state index < -0.39 is 17.0 Å². The van der Waals surface area contributed by atoms with Gasteiger partial charge in [-0.25, -0.2) is 13.5 Å². The van der Waals surface area contributed by atoms with Gasteiger partial charge >= 0.3 is 0 Å². The zero-order valence-electron chi connectivity index (χ0n) is 8.33. The van der Waals surface area contributed by atoms with Crippen LogP contribution >= 0.6 is 0 Å². The maximum absolute atomic E-state index is 12.3. The summed E-state index contributed by atoms with van der Waals surface area (Å²) < 4.78 is 25.7. The highest BCUT2D eigenvalue weighted by Gasteiger charge is 2.13. The molecule has 2 rings (SSSR count). The quantitative estimate of drug-likeness (QED) is 0.608. The van der Waals surface area contributed by atoms with Gasteiger partial charge in [0.25, 0.3) is 12.1 Å². The Hall–Kier alpha value is -2.38. The maximum atomic E-state index is 12.3. The van der Waals surface area contributed by atoms with Gasteiger partial charge in [0.05, 0.1) is 16.8 Å². The van der Waals surface area contributed by atoms with E-state index in [-0.39, 0.29) is 5.69 Å². The van der Waals surface area contributed by atoms with Crippen molar-refractivity contribution in [3.63, 3.8) is 0 Å². The highest BCUT2D eigenvalue weighted by Crippen LogP contribution is 2.18. The molecule has 0 radical (unpaired) electrons. The van der Waals surface area contributed by atoms with E-state index in [9.17, 15) is 18.9 Å². The van der Waals surface area contributed by atoms with Crippen molar-refractivity contribution in [2.45, 2.75) is 6.43 Å². The minimum absolute atomic E-state index is 0.0806. The molecule has 0 spiro atoms. The summed E-state index contributed by atoms with van der Waals surface area (Å²) >= 11 is 0. The molecule has 8 heteroatoms. The van der Waals surface area contributed by atoms with Crippen LogP contribution in [0.3, 0.4) is 0 Å². The highest BCUT2D eigenvalue weighted by molar-refractivity contribution is 5.40. The van der Waals surface area contributed by atoms with E-state index in [1.165, 1.54) is 24.3 Å². The number of non-ortho nitro benzene ring substituents is 1. The summed E-state index contributed by atoms with van der Waals surface area (Å²) in [5.74, 6) is 0. The molecular weight excluding hydrogens is 234 g/mol. The lowest BCUT2D eigenvalue weighted by Crippen LogP contribution is -1.95. The normalized spacial score (nSPS) is 10.8. The number of aromatic nitrogens is 3. The van der Waals surface area contributed by atoms with E-state index in [0.717, 1.165) is 10.9 Å². The summed E-state index contributed by atoms with van der Waals surface area (Å²) in [5, 5.41) is 17.2. The van der Waals surface area contributed by atoms with Crippen LogP contribution in [0, 0.1) is 10.1 Å². The van der Waals surface area contributed by atoms with E-state index in [1.54, 1.807) is 0 Å². The van der Waals surface area contributed by atoms with Gasteiger partial charge < -0.3 is 0 Å². The van der Waals surface area contributed by atoms with Gasteiger partial charge in [0, 0.05) is 12.1 Å². The Morgan fingerprint density at radius 1 is 1.29 bits per heavy atom. The van der Waals surface area contributed by atoms with Crippen LogP contribution in [-0.4, -0.2) is 19.9 Å². The molecule has 0 saturated heterocycles. The number of benzene rings is 1. The Kier molecular flexibility index (Phi) is 2.77. The zero-order valence-corrected chi connectivity index (χ0v) is 8.33. The van der Waals surface area contributed by atoms with Crippen molar-refractivity contribution in [3.8, 4) is 5.69 Å². The SMILES string of the molecule is O=[N+]([O-])c1ccc(-n2cc(C(F)F)nn2)cc1. The Labute approximate surface area is 93.6 Å². The molecule has 0 aliphatic heterocycles. The summed E-state index contributed by atoms with van der Waals surface area (Å²) in [5.41, 5.74) is -0.0960. The molecule has 0 N–H and O–H groups in total. The standard InChI is InChI=1S/C9H6F2N4O2/c10-9(11)8-5-14(13-12-8)6-1-3-7(4-2-6)15(16)17/h1-5,9H. The Morgan fingerprint density at radius 3 is 2.41 bits per heavy atom. The molecule has 1 heterocycles. The van der Waals surface area contributed by atoms with Crippen LogP contribution in [0.5, 0.6) is 0 Å². The summed E-state index contributed by atoms with van der Waals surface area (Å²) in [6, 6.07) is 5.34. The molecule has 1 aromatic heterocycles. The van der Waals surface area contributed by atoms with Gasteiger partial charge in [0.15, 0.2) is 0 Å². The second-order valence-electron chi connectivity index (χ2n) is 3.16. The van der Waals surface area contributed by atoms with E-state index in [0.29, 0.717) is 5.69 Å². The first-order valence-corrected chi connectivity index (χ1v) is 4.53. The van der Waals surface area contributed by atoms with Crippen molar-refractivity contribution in [2.24, 2.45) is 0 Å². The Morgan fingerprint density at radius 2 is 1.94 bits per heavy atom. The fourth-order valence-electron chi connectivity index (χ4n) is 1.23. The number of alkyl halides is 2. The first-order valence-electron chi connectivity index (χ1n) is 4.53. The minimum atomic E-state index is -2.69. The van der Waals surface area contributed by atoms with Crippen molar-refractivity contribution in [3.05, 3.63) is 46.3 Å². The molecular formula is C9H6F2N4O2. The van der Waals surface area contributed by atoms with E-state index in [1.807, 2.05) is 0 Å². The molecule has 0 aliphatic rings. The third kappa shape index (κ3) is 2.25. The summed E-state index contributed by atoms with van der Waals surface area (Å²) in [6.45, 7) is 0. The fourth-order valence-corrected chi connectivity index (χ4v) is 1.23. The summed E-state index contributed by atoms with van der Waals surface area (Å²) in [6.07, 6.45) is -1.62. The summed E-state index contributed by atoms with van der Waals surface area (Å²) in [4.78, 5) is 9.87. The maximum Gasteiger partial charge on any atom is 0.283 e. The molecule has 0 aliphatic carbocycles. The number of hydrogen-bond acceptors (Lipinski definition) is 4. The van der Waals surface area contributed by atoms with Crippen molar-refractivity contribution < 1.29 is 13.7 Å². The third-order valence-corrected chi connectivity index (χ3v) is 2.06. The Balaban J connectivity index is 2.30. The van der Waals surface area contributed by atoms with Gasteiger partial charge in [-0.2, -0.15) is 0 Å². The topological polar surface area (TPSA) is 73.8 Å². The van der Waals surface area contributed by atoms with Gasteiger partial charge in [-0.1, -0.05) is 5.21 Å². The monoisotopic (exact) mass is 240 g/mol. The van der Waals surface area contributed by atoms with Crippen LogP contribution in [0.15, 0.2) is 30.5 Å². The molecule has 88 valence electrons. The number of rotatable bonds is 3. The Bertz CT molecular complexity index is 538. The number of nitro benzene ring substituents is 1. The van der Waals surface area contributed by atoms with E-state index >= 15 is 0 Å². The van der Waals surface area contributed by atoms with Gasteiger partial charge in [-0.3, -0.25) is 10.1 Å². The van der Waals surface area contributed by atoms with Gasteiger partial charge in [-0.05, 0) is 12.1 Å². The predicted molar refractivity (Wildman–Crippen MR) is 53.0 cm³/mol. The van der Waals surface area contributed by atoms with Crippen LogP contribution in [0.4, 0.5) is 14.5 Å². The van der Waals surface area contributed by atoms with Crippen molar-refractivity contribution in [1.82, 2.24) is 15.0 Å². The minimum Gasteiger partial charge on any atom is -0.258 e.